The number of amides is 1. The summed E-state index contributed by atoms with van der Waals surface area (Å²) in [6.07, 6.45) is 1.42. The molecule has 0 saturated heterocycles. The lowest BCUT2D eigenvalue weighted by Crippen LogP contribution is -2.28. The molecule has 1 N–H and O–H groups in total. The molecule has 0 unspecified atom stereocenters. The van der Waals surface area contributed by atoms with Gasteiger partial charge in [0.25, 0.3) is 0 Å². The van der Waals surface area contributed by atoms with Gasteiger partial charge in [-0.3, -0.25) is 4.79 Å². The number of nitrogens with one attached hydrogen (secondary N) is 1. The van der Waals surface area contributed by atoms with E-state index in [4.69, 9.17) is 0 Å². The van der Waals surface area contributed by atoms with Crippen molar-refractivity contribution in [3.05, 3.63) is 95.6 Å². The lowest BCUT2D eigenvalue weighted by Gasteiger charge is -2.15. The Hall–Kier alpha value is -2.87. The highest BCUT2D eigenvalue weighted by Crippen LogP contribution is 2.19. The quantitative estimate of drug-likeness (QED) is 0.643. The van der Waals surface area contributed by atoms with E-state index < -0.39 is 0 Å². The molecule has 0 aliphatic carbocycles. The lowest BCUT2D eigenvalue weighted by atomic mass is 10.0. The van der Waals surface area contributed by atoms with Crippen molar-refractivity contribution in [2.75, 3.05) is 0 Å². The molecule has 0 aliphatic heterocycles. The van der Waals surface area contributed by atoms with Gasteiger partial charge in [-0.2, -0.15) is 0 Å². The molecular weight excluding hydrogens is 318 g/mol. The topological polar surface area (TPSA) is 29.1 Å². The molecule has 0 fully saturated rings. The van der Waals surface area contributed by atoms with Crippen molar-refractivity contribution in [2.24, 2.45) is 0 Å². The monoisotopic (exact) mass is 343 g/mol. The third-order valence-corrected chi connectivity index (χ3v) is 4.69. The summed E-state index contributed by atoms with van der Waals surface area (Å²) in [5.74, 6) is 0.0459. The Bertz CT molecular complexity index is 836. The summed E-state index contributed by atoms with van der Waals surface area (Å²) in [5.41, 5.74) is 5.82. The highest BCUT2D eigenvalue weighted by atomic mass is 16.1. The average Bonchev–Trinajstić information content (AvgIpc) is 2.69. The van der Waals surface area contributed by atoms with Crippen molar-refractivity contribution < 1.29 is 4.79 Å². The average molecular weight is 343 g/mol. The van der Waals surface area contributed by atoms with Gasteiger partial charge in [-0.1, -0.05) is 85.8 Å². The van der Waals surface area contributed by atoms with Crippen molar-refractivity contribution in [2.45, 2.75) is 32.7 Å². The van der Waals surface area contributed by atoms with Crippen molar-refractivity contribution in [3.63, 3.8) is 0 Å². The van der Waals surface area contributed by atoms with Crippen molar-refractivity contribution >= 4 is 5.91 Å². The zero-order valence-electron chi connectivity index (χ0n) is 15.4. The highest BCUT2D eigenvalue weighted by Gasteiger charge is 2.10. The number of rotatable bonds is 6. The summed E-state index contributed by atoms with van der Waals surface area (Å²) in [6, 6.07) is 26.9. The first-order valence-corrected chi connectivity index (χ1v) is 9.18. The zero-order chi connectivity index (χ0) is 18.4. The Morgan fingerprint density at radius 1 is 0.808 bits per heavy atom. The molecule has 0 radical (unpaired) electrons. The van der Waals surface area contributed by atoms with E-state index >= 15 is 0 Å². The predicted octanol–water partition coefficient (Wildman–Crippen LogP) is 5.34. The smallest absolute Gasteiger partial charge is 0.224 e. The predicted molar refractivity (Wildman–Crippen MR) is 108 cm³/mol. The maximum absolute atomic E-state index is 12.4. The van der Waals surface area contributed by atoms with Crippen LogP contribution in [0.15, 0.2) is 78.9 Å². The second-order valence-electron chi connectivity index (χ2n) is 6.62. The van der Waals surface area contributed by atoms with Crippen molar-refractivity contribution in [1.82, 2.24) is 5.32 Å². The van der Waals surface area contributed by atoms with Crippen LogP contribution in [-0.2, 0) is 17.6 Å². The Morgan fingerprint density at radius 3 is 2.00 bits per heavy atom. The van der Waals surface area contributed by atoms with Crippen LogP contribution in [-0.4, -0.2) is 5.91 Å². The Morgan fingerprint density at radius 2 is 1.38 bits per heavy atom. The van der Waals surface area contributed by atoms with Crippen LogP contribution in [0.25, 0.3) is 11.1 Å². The summed E-state index contributed by atoms with van der Waals surface area (Å²) in [4.78, 5) is 12.4. The van der Waals surface area contributed by atoms with Crippen LogP contribution in [0.3, 0.4) is 0 Å². The van der Waals surface area contributed by atoms with Gasteiger partial charge in [-0.15, -0.1) is 0 Å². The fourth-order valence-corrected chi connectivity index (χ4v) is 3.05. The molecule has 2 heteroatoms. The van der Waals surface area contributed by atoms with E-state index in [1.165, 1.54) is 16.7 Å². The van der Waals surface area contributed by atoms with E-state index in [0.717, 1.165) is 17.5 Å². The molecule has 1 amide bonds. The fourth-order valence-electron chi connectivity index (χ4n) is 3.05. The molecule has 0 saturated carbocycles. The van der Waals surface area contributed by atoms with Crippen LogP contribution in [0.5, 0.6) is 0 Å². The Labute approximate surface area is 155 Å². The minimum Gasteiger partial charge on any atom is -0.349 e. The Balaban J connectivity index is 1.59. The van der Waals surface area contributed by atoms with Crippen LogP contribution in [0, 0.1) is 0 Å². The van der Waals surface area contributed by atoms with Gasteiger partial charge in [0.05, 0.1) is 12.5 Å². The summed E-state index contributed by atoms with van der Waals surface area (Å²) in [7, 11) is 0. The number of carbonyl (C=O) groups is 1. The van der Waals surface area contributed by atoms with Gasteiger partial charge in [0.15, 0.2) is 0 Å². The van der Waals surface area contributed by atoms with Crippen molar-refractivity contribution in [1.29, 1.82) is 0 Å². The molecular formula is C24H25NO. The molecule has 26 heavy (non-hydrogen) atoms. The van der Waals surface area contributed by atoms with Crippen LogP contribution in [0.4, 0.5) is 0 Å². The number of carbonyl (C=O) groups excluding carboxylic acids is 1. The number of benzene rings is 3. The molecule has 0 aliphatic rings. The van der Waals surface area contributed by atoms with E-state index in [1.54, 1.807) is 0 Å². The lowest BCUT2D eigenvalue weighted by molar-refractivity contribution is -0.121. The summed E-state index contributed by atoms with van der Waals surface area (Å²) in [6.45, 7) is 4.17. The van der Waals surface area contributed by atoms with E-state index in [0.29, 0.717) is 6.42 Å². The molecule has 1 atom stereocenters. The van der Waals surface area contributed by atoms with E-state index in [2.05, 4.69) is 60.8 Å². The third kappa shape index (κ3) is 4.60. The molecule has 2 nitrogen and oxygen atoms in total. The Kier molecular flexibility index (Phi) is 5.85. The normalized spacial score (nSPS) is 11.8. The molecule has 0 spiro atoms. The fraction of sp³-hybridized carbons (Fsp3) is 0.208. The summed E-state index contributed by atoms with van der Waals surface area (Å²) < 4.78 is 0. The first kappa shape index (κ1) is 17.9. The second kappa shape index (κ2) is 8.48. The minimum atomic E-state index is 0.0111. The minimum absolute atomic E-state index is 0.0111. The van der Waals surface area contributed by atoms with Gasteiger partial charge < -0.3 is 5.32 Å². The summed E-state index contributed by atoms with van der Waals surface area (Å²) in [5, 5.41) is 3.09. The van der Waals surface area contributed by atoms with E-state index in [-0.39, 0.29) is 11.9 Å². The molecule has 0 aromatic heterocycles. The molecule has 0 heterocycles. The maximum Gasteiger partial charge on any atom is 0.224 e. The van der Waals surface area contributed by atoms with E-state index in [9.17, 15) is 4.79 Å². The van der Waals surface area contributed by atoms with Crippen LogP contribution in [0.2, 0.25) is 0 Å². The molecule has 3 aromatic carbocycles. The second-order valence-corrected chi connectivity index (χ2v) is 6.62. The third-order valence-electron chi connectivity index (χ3n) is 4.69. The van der Waals surface area contributed by atoms with Crippen LogP contribution >= 0.6 is 0 Å². The first-order valence-electron chi connectivity index (χ1n) is 9.18. The number of hydrogen-bond acceptors (Lipinski definition) is 1. The highest BCUT2D eigenvalue weighted by molar-refractivity contribution is 5.79. The SMILES string of the molecule is CCc1ccc([C@H](C)NC(=O)Cc2ccc(-c3ccccc3)cc2)cc1. The van der Waals surface area contributed by atoms with Gasteiger partial charge in [0.2, 0.25) is 5.91 Å². The number of aryl methyl sites for hydroxylation is 1. The van der Waals surface area contributed by atoms with Crippen molar-refractivity contribution in [3.8, 4) is 11.1 Å². The molecule has 3 rings (SSSR count). The maximum atomic E-state index is 12.4. The van der Waals surface area contributed by atoms with Gasteiger partial charge in [-0.05, 0) is 41.2 Å². The van der Waals surface area contributed by atoms with Gasteiger partial charge in [0, 0.05) is 0 Å². The standard InChI is InChI=1S/C24H25NO/c1-3-19-9-13-21(14-10-19)18(2)25-24(26)17-20-11-15-23(16-12-20)22-7-5-4-6-8-22/h4-16,18H,3,17H2,1-2H3,(H,25,26)/t18-/m0/s1. The first-order chi connectivity index (χ1) is 12.7. The number of hydrogen-bond donors (Lipinski definition) is 1. The zero-order valence-corrected chi connectivity index (χ0v) is 15.4. The summed E-state index contributed by atoms with van der Waals surface area (Å²) >= 11 is 0. The molecule has 3 aromatic rings. The van der Waals surface area contributed by atoms with Gasteiger partial charge >= 0.3 is 0 Å². The largest absolute Gasteiger partial charge is 0.349 e. The van der Waals surface area contributed by atoms with E-state index in [1.807, 2.05) is 37.3 Å². The van der Waals surface area contributed by atoms with Crippen LogP contribution in [0.1, 0.15) is 36.6 Å². The van der Waals surface area contributed by atoms with Gasteiger partial charge in [-0.25, -0.2) is 0 Å². The van der Waals surface area contributed by atoms with Gasteiger partial charge in [0.1, 0.15) is 0 Å². The van der Waals surface area contributed by atoms with Crippen LogP contribution < -0.4 is 5.32 Å². The molecule has 132 valence electrons. The molecule has 0 bridgehead atoms.